The van der Waals surface area contributed by atoms with Crippen molar-refractivity contribution in [2.24, 2.45) is 0 Å². The molecule has 0 radical (unpaired) electrons. The highest BCUT2D eigenvalue weighted by molar-refractivity contribution is 5.76. The summed E-state index contributed by atoms with van der Waals surface area (Å²) in [5.41, 5.74) is 0. The van der Waals surface area contributed by atoms with Gasteiger partial charge in [0.2, 0.25) is 5.91 Å². The molecule has 2 aliphatic heterocycles. The number of carbonyl (C=O) groups is 1. The number of hydrogen-bond acceptors (Lipinski definition) is 13. The van der Waals surface area contributed by atoms with E-state index in [9.17, 15) is 45.6 Å². The second kappa shape index (κ2) is 48.1. The molecular formula is C64H105NO13. The van der Waals surface area contributed by atoms with Crippen molar-refractivity contribution in [2.75, 3.05) is 19.8 Å². The van der Waals surface area contributed by atoms with Gasteiger partial charge >= 0.3 is 0 Å². The Balaban J connectivity index is 1.82. The number of nitrogens with one attached hydrogen (secondary N) is 1. The summed E-state index contributed by atoms with van der Waals surface area (Å²) in [6, 6.07) is -0.966. The van der Waals surface area contributed by atoms with E-state index in [0.29, 0.717) is 12.8 Å². The van der Waals surface area contributed by atoms with Gasteiger partial charge in [0.1, 0.15) is 48.8 Å². The minimum Gasteiger partial charge on any atom is -0.394 e. The molecule has 2 fully saturated rings. The lowest BCUT2D eigenvalue weighted by molar-refractivity contribution is -0.359. The van der Waals surface area contributed by atoms with E-state index in [1.54, 1.807) is 6.08 Å². The molecule has 12 atom stereocenters. The highest BCUT2D eigenvalue weighted by Crippen LogP contribution is 2.30. The fraction of sp³-hybridized carbons (Fsp3) is 0.672. The van der Waals surface area contributed by atoms with E-state index >= 15 is 0 Å². The number of rotatable bonds is 45. The van der Waals surface area contributed by atoms with Crippen LogP contribution in [0.25, 0.3) is 0 Å². The topological polar surface area (TPSA) is 228 Å². The molecule has 0 aromatic carbocycles. The second-order valence-electron chi connectivity index (χ2n) is 20.4. The van der Waals surface area contributed by atoms with Gasteiger partial charge < -0.3 is 65.1 Å². The largest absolute Gasteiger partial charge is 0.394 e. The second-order valence-corrected chi connectivity index (χ2v) is 20.4. The molecule has 2 heterocycles. The molecule has 14 heteroatoms. The van der Waals surface area contributed by atoms with Crippen LogP contribution in [-0.2, 0) is 23.7 Å². The van der Waals surface area contributed by atoms with Crippen LogP contribution in [0, 0.1) is 0 Å². The summed E-state index contributed by atoms with van der Waals surface area (Å²) in [4.78, 5) is 13.2. The number of aliphatic hydroxyl groups is 8. The average Bonchev–Trinajstić information content (AvgIpc) is 3.44. The van der Waals surface area contributed by atoms with Gasteiger partial charge in [0.25, 0.3) is 0 Å². The lowest BCUT2D eigenvalue weighted by Gasteiger charge is -2.46. The molecule has 1 amide bonds. The first kappa shape index (κ1) is 70.5. The van der Waals surface area contributed by atoms with E-state index < -0.39 is 86.8 Å². The van der Waals surface area contributed by atoms with E-state index in [1.807, 2.05) is 6.08 Å². The molecule has 0 saturated carbocycles. The van der Waals surface area contributed by atoms with Crippen molar-refractivity contribution in [3.05, 3.63) is 122 Å². The lowest BCUT2D eigenvalue weighted by Crippen LogP contribution is -2.65. The summed E-state index contributed by atoms with van der Waals surface area (Å²) < 4.78 is 22.7. The third kappa shape index (κ3) is 33.2. The van der Waals surface area contributed by atoms with E-state index in [1.165, 1.54) is 57.8 Å². The quantitative estimate of drug-likeness (QED) is 0.0205. The first-order chi connectivity index (χ1) is 38.1. The van der Waals surface area contributed by atoms with Gasteiger partial charge in [0.15, 0.2) is 12.6 Å². The molecule has 0 spiro atoms. The normalized spacial score (nSPS) is 25.5. The first-order valence-electron chi connectivity index (χ1n) is 29.8. The van der Waals surface area contributed by atoms with Crippen LogP contribution in [0.4, 0.5) is 0 Å². The van der Waals surface area contributed by atoms with Crippen LogP contribution in [-0.4, -0.2) is 140 Å². The standard InChI is InChI=1S/C64H105NO13/c1-3-5-7-9-11-13-15-17-19-21-23-24-25-26-27-28-30-32-34-36-38-40-42-44-46-48-56(69)65-52(53(68)47-45-43-41-39-37-35-33-31-29-22-20-18-16-14-12-10-8-6-4-2)51-75-63-61(74)59(72)62(55(50-67)77-63)78-64-60(73)58(71)57(70)54(49-66)76-64/h5,7,11,13,17,19,23-24,26-27,29-32,36-39,45,47,52-55,57-64,66-68,70-74H,3-4,6,8-10,12,14-16,18,20-22,25,28,33-35,40-44,46,48-51H2,1-2H3,(H,65,69)/b7-5-,13-11-,19-17-,24-23-,27-26-,31-29+,32-30-,38-36-,39-37+,47-45+. The van der Waals surface area contributed by atoms with Crippen LogP contribution in [0.5, 0.6) is 0 Å². The third-order valence-electron chi connectivity index (χ3n) is 13.6. The number of aliphatic hydroxyl groups excluding tert-OH is 8. The van der Waals surface area contributed by atoms with Crippen molar-refractivity contribution in [3.8, 4) is 0 Å². The highest BCUT2D eigenvalue weighted by atomic mass is 16.7. The number of unbranched alkanes of at least 4 members (excludes halogenated alkanes) is 14. The molecule has 444 valence electrons. The molecule has 12 unspecified atom stereocenters. The average molecular weight is 1100 g/mol. The van der Waals surface area contributed by atoms with Gasteiger partial charge in [-0.15, -0.1) is 0 Å². The molecule has 0 aromatic rings. The van der Waals surface area contributed by atoms with Crippen LogP contribution >= 0.6 is 0 Å². The van der Waals surface area contributed by atoms with Gasteiger partial charge in [-0.1, -0.05) is 193 Å². The zero-order chi connectivity index (χ0) is 56.7. The van der Waals surface area contributed by atoms with Crippen molar-refractivity contribution in [2.45, 2.75) is 254 Å². The van der Waals surface area contributed by atoms with E-state index in [0.717, 1.165) is 89.9 Å². The van der Waals surface area contributed by atoms with Gasteiger partial charge in [0.05, 0.1) is 32.0 Å². The lowest BCUT2D eigenvalue weighted by atomic mass is 9.97. The maximum Gasteiger partial charge on any atom is 0.220 e. The van der Waals surface area contributed by atoms with Crippen LogP contribution in [0.2, 0.25) is 0 Å². The van der Waals surface area contributed by atoms with Crippen molar-refractivity contribution >= 4 is 5.91 Å². The van der Waals surface area contributed by atoms with Gasteiger partial charge in [0, 0.05) is 6.42 Å². The maximum atomic E-state index is 13.2. The molecular weight excluding hydrogens is 991 g/mol. The monoisotopic (exact) mass is 1100 g/mol. The summed E-state index contributed by atoms with van der Waals surface area (Å²) in [6.45, 7) is 2.61. The maximum absolute atomic E-state index is 13.2. The molecule has 2 aliphatic rings. The van der Waals surface area contributed by atoms with Crippen molar-refractivity contribution in [3.63, 3.8) is 0 Å². The van der Waals surface area contributed by atoms with Gasteiger partial charge in [-0.25, -0.2) is 0 Å². The van der Waals surface area contributed by atoms with Crippen LogP contribution in [0.3, 0.4) is 0 Å². The van der Waals surface area contributed by atoms with E-state index in [2.05, 4.69) is 129 Å². The number of hydrogen-bond donors (Lipinski definition) is 9. The summed E-state index contributed by atoms with van der Waals surface area (Å²) >= 11 is 0. The Morgan fingerprint density at radius 1 is 0.474 bits per heavy atom. The van der Waals surface area contributed by atoms with Crippen molar-refractivity contribution in [1.29, 1.82) is 0 Å². The van der Waals surface area contributed by atoms with Gasteiger partial charge in [-0.05, 0) is 103 Å². The van der Waals surface area contributed by atoms with E-state index in [4.69, 9.17) is 18.9 Å². The Kier molecular flexibility index (Phi) is 43.5. The number of ether oxygens (including phenoxy) is 4. The predicted octanol–water partition coefficient (Wildman–Crippen LogP) is 10.2. The highest BCUT2D eigenvalue weighted by Gasteiger charge is 2.51. The minimum absolute atomic E-state index is 0.221. The van der Waals surface area contributed by atoms with Crippen LogP contribution in [0.1, 0.15) is 181 Å². The summed E-state index contributed by atoms with van der Waals surface area (Å²) in [5.74, 6) is -0.291. The van der Waals surface area contributed by atoms with Gasteiger partial charge in [-0.3, -0.25) is 4.79 Å². The fourth-order valence-corrected chi connectivity index (χ4v) is 8.83. The number of carbonyl (C=O) groups excluding carboxylic acids is 1. The predicted molar refractivity (Wildman–Crippen MR) is 313 cm³/mol. The molecule has 9 N–H and O–H groups in total. The summed E-state index contributed by atoms with van der Waals surface area (Å²) in [6.07, 6.45) is 52.3. The third-order valence-corrected chi connectivity index (χ3v) is 13.6. The smallest absolute Gasteiger partial charge is 0.220 e. The fourth-order valence-electron chi connectivity index (χ4n) is 8.83. The van der Waals surface area contributed by atoms with E-state index in [-0.39, 0.29) is 18.9 Å². The number of allylic oxidation sites excluding steroid dienone is 19. The van der Waals surface area contributed by atoms with Crippen LogP contribution < -0.4 is 5.32 Å². The Hall–Kier alpha value is -3.61. The Morgan fingerprint density at radius 3 is 1.41 bits per heavy atom. The molecule has 2 saturated heterocycles. The molecule has 0 aliphatic carbocycles. The SMILES string of the molecule is CC/C=C\C/C=C\C/C=C\C/C=C\C/C=C\C/C=C\C/C=C\CCCCCC(=O)NC(COC1OC(CO)C(OC2OC(CO)C(O)C(O)C2O)C(O)C1O)C(O)/C=C/CC/C=C/CC/C=C/CCCCCCCCCCC. The zero-order valence-electron chi connectivity index (χ0n) is 47.6. The first-order valence-corrected chi connectivity index (χ1v) is 29.8. The Morgan fingerprint density at radius 2 is 0.897 bits per heavy atom. The zero-order valence-corrected chi connectivity index (χ0v) is 47.6. The summed E-state index contributed by atoms with van der Waals surface area (Å²) in [5, 5.41) is 87.0. The molecule has 14 nitrogen and oxygen atoms in total. The Bertz CT molecular complexity index is 1770. The Labute approximate surface area is 469 Å². The molecule has 78 heavy (non-hydrogen) atoms. The van der Waals surface area contributed by atoms with Crippen LogP contribution in [0.15, 0.2) is 122 Å². The summed E-state index contributed by atoms with van der Waals surface area (Å²) in [7, 11) is 0. The molecule has 2 rings (SSSR count). The number of amides is 1. The molecule has 0 aromatic heterocycles. The van der Waals surface area contributed by atoms with Crippen molar-refractivity contribution in [1.82, 2.24) is 5.32 Å². The minimum atomic E-state index is -1.80. The molecule has 0 bridgehead atoms. The van der Waals surface area contributed by atoms with Crippen molar-refractivity contribution < 1.29 is 64.6 Å². The van der Waals surface area contributed by atoms with Gasteiger partial charge in [-0.2, -0.15) is 0 Å².